The van der Waals surface area contributed by atoms with Crippen molar-refractivity contribution >= 4 is 5.52 Å². The Labute approximate surface area is 89.1 Å². The Morgan fingerprint density at radius 1 is 1.47 bits per heavy atom. The molecule has 1 N–H and O–H groups in total. The van der Waals surface area contributed by atoms with E-state index in [0.717, 1.165) is 6.54 Å². The number of hydrogen-bond donors (Lipinski definition) is 1. The van der Waals surface area contributed by atoms with E-state index in [4.69, 9.17) is 0 Å². The first-order valence-corrected chi connectivity index (χ1v) is 5.52. The number of rotatable bonds is 1. The first-order chi connectivity index (χ1) is 7.33. The molecule has 3 rings (SSSR count). The van der Waals surface area contributed by atoms with Gasteiger partial charge in [-0.25, -0.2) is 4.52 Å². The van der Waals surface area contributed by atoms with Gasteiger partial charge in [0.05, 0.1) is 17.3 Å². The summed E-state index contributed by atoms with van der Waals surface area (Å²) in [7, 11) is 0. The Kier molecular flexibility index (Phi) is 1.99. The summed E-state index contributed by atoms with van der Waals surface area (Å²) >= 11 is 0. The lowest BCUT2D eigenvalue weighted by Gasteiger charge is -2.04. The van der Waals surface area contributed by atoms with Gasteiger partial charge in [-0.3, -0.25) is 0 Å². The number of hydrogen-bond acceptors (Lipinski definition) is 2. The summed E-state index contributed by atoms with van der Waals surface area (Å²) in [5, 5.41) is 8.06. The van der Waals surface area contributed by atoms with E-state index in [1.54, 1.807) is 0 Å². The minimum atomic E-state index is 0.463. The molecule has 0 radical (unpaired) electrons. The Morgan fingerprint density at radius 3 is 3.20 bits per heavy atom. The molecule has 3 heterocycles. The van der Waals surface area contributed by atoms with Crippen LogP contribution in [0.1, 0.15) is 30.1 Å². The fraction of sp³-hybridized carbons (Fsp3) is 0.417. The highest BCUT2D eigenvalue weighted by Gasteiger charge is 2.18. The molecule has 0 spiro atoms. The molecular formula is C12H15N3. The summed E-state index contributed by atoms with van der Waals surface area (Å²) in [4.78, 5) is 0. The van der Waals surface area contributed by atoms with Gasteiger partial charge in [-0.1, -0.05) is 0 Å². The molecule has 3 nitrogen and oxygen atoms in total. The standard InChI is InChI=1S/C12H15N3/c1-9-4-6-15-10(7-9)8-12(14-15)11-3-2-5-13-11/h4,6-8,11,13H,2-3,5H2,1H3. The van der Waals surface area contributed by atoms with E-state index >= 15 is 0 Å². The van der Waals surface area contributed by atoms with Gasteiger partial charge in [0.2, 0.25) is 0 Å². The van der Waals surface area contributed by atoms with Gasteiger partial charge in [-0.2, -0.15) is 5.10 Å². The van der Waals surface area contributed by atoms with Crippen LogP contribution in [0, 0.1) is 6.92 Å². The molecule has 0 aliphatic carbocycles. The van der Waals surface area contributed by atoms with Crippen molar-refractivity contribution in [3.63, 3.8) is 0 Å². The quantitative estimate of drug-likeness (QED) is 0.765. The summed E-state index contributed by atoms with van der Waals surface area (Å²) < 4.78 is 1.96. The van der Waals surface area contributed by atoms with Crippen LogP contribution in [-0.2, 0) is 0 Å². The molecule has 1 atom stereocenters. The van der Waals surface area contributed by atoms with Gasteiger partial charge in [-0.15, -0.1) is 0 Å². The largest absolute Gasteiger partial charge is 0.309 e. The number of nitrogens with zero attached hydrogens (tertiary/aromatic N) is 2. The van der Waals surface area contributed by atoms with Crippen LogP contribution < -0.4 is 5.32 Å². The number of aryl methyl sites for hydroxylation is 1. The van der Waals surface area contributed by atoms with E-state index in [2.05, 4.69) is 35.5 Å². The van der Waals surface area contributed by atoms with Crippen LogP contribution in [0.2, 0.25) is 0 Å². The first-order valence-electron chi connectivity index (χ1n) is 5.52. The third-order valence-electron chi connectivity index (χ3n) is 3.06. The fourth-order valence-electron chi connectivity index (χ4n) is 2.23. The van der Waals surface area contributed by atoms with Crippen molar-refractivity contribution in [2.45, 2.75) is 25.8 Å². The van der Waals surface area contributed by atoms with E-state index in [1.807, 2.05) is 10.7 Å². The van der Waals surface area contributed by atoms with Crippen LogP contribution in [0.25, 0.3) is 5.52 Å². The lowest BCUT2D eigenvalue weighted by molar-refractivity contribution is 0.620. The summed E-state index contributed by atoms with van der Waals surface area (Å²) in [5.41, 5.74) is 3.66. The topological polar surface area (TPSA) is 29.3 Å². The van der Waals surface area contributed by atoms with Crippen LogP contribution in [-0.4, -0.2) is 16.2 Å². The summed E-state index contributed by atoms with van der Waals surface area (Å²) in [6.45, 7) is 3.23. The smallest absolute Gasteiger partial charge is 0.0804 e. The van der Waals surface area contributed by atoms with E-state index < -0.39 is 0 Å². The van der Waals surface area contributed by atoms with E-state index in [1.165, 1.54) is 29.6 Å². The zero-order valence-electron chi connectivity index (χ0n) is 8.90. The predicted octanol–water partition coefficient (Wildman–Crippen LogP) is 2.07. The molecule has 1 aliphatic rings. The number of pyridine rings is 1. The van der Waals surface area contributed by atoms with Gasteiger partial charge in [0, 0.05) is 6.20 Å². The zero-order chi connectivity index (χ0) is 10.3. The summed E-state index contributed by atoms with van der Waals surface area (Å²) in [6, 6.07) is 6.91. The number of fused-ring (bicyclic) bond motifs is 1. The Balaban J connectivity index is 2.05. The molecule has 0 amide bonds. The van der Waals surface area contributed by atoms with Crippen molar-refractivity contribution in [1.29, 1.82) is 0 Å². The number of aromatic nitrogens is 2. The summed E-state index contributed by atoms with van der Waals surface area (Å²) in [6.07, 6.45) is 4.50. The van der Waals surface area contributed by atoms with E-state index in [-0.39, 0.29) is 0 Å². The molecule has 0 aromatic carbocycles. The molecule has 0 saturated carbocycles. The van der Waals surface area contributed by atoms with Gasteiger partial charge in [-0.05, 0) is 50.1 Å². The highest BCUT2D eigenvalue weighted by molar-refractivity contribution is 5.49. The van der Waals surface area contributed by atoms with E-state index in [9.17, 15) is 0 Å². The first kappa shape index (κ1) is 8.92. The molecule has 2 aromatic rings. The van der Waals surface area contributed by atoms with Crippen molar-refractivity contribution in [3.8, 4) is 0 Å². The maximum absolute atomic E-state index is 4.59. The molecule has 1 unspecified atom stereocenters. The third-order valence-corrected chi connectivity index (χ3v) is 3.06. The number of nitrogens with one attached hydrogen (secondary N) is 1. The SMILES string of the molecule is Cc1ccn2nc(C3CCCN3)cc2c1. The molecule has 0 bridgehead atoms. The third kappa shape index (κ3) is 1.53. The van der Waals surface area contributed by atoms with Gasteiger partial charge < -0.3 is 5.32 Å². The molecule has 78 valence electrons. The van der Waals surface area contributed by atoms with E-state index in [0.29, 0.717) is 6.04 Å². The van der Waals surface area contributed by atoms with Crippen molar-refractivity contribution in [2.75, 3.05) is 6.54 Å². The molecule has 1 fully saturated rings. The second-order valence-electron chi connectivity index (χ2n) is 4.29. The van der Waals surface area contributed by atoms with Crippen molar-refractivity contribution in [1.82, 2.24) is 14.9 Å². The summed E-state index contributed by atoms with van der Waals surface area (Å²) in [5.74, 6) is 0. The second-order valence-corrected chi connectivity index (χ2v) is 4.29. The second kappa shape index (κ2) is 3.35. The van der Waals surface area contributed by atoms with Gasteiger partial charge in [0.15, 0.2) is 0 Å². The average molecular weight is 201 g/mol. The Hall–Kier alpha value is -1.35. The molecule has 3 heteroatoms. The lowest BCUT2D eigenvalue weighted by atomic mass is 10.1. The van der Waals surface area contributed by atoms with Crippen LogP contribution in [0.5, 0.6) is 0 Å². The Morgan fingerprint density at radius 2 is 2.40 bits per heavy atom. The van der Waals surface area contributed by atoms with Crippen molar-refractivity contribution in [3.05, 3.63) is 35.7 Å². The van der Waals surface area contributed by atoms with Crippen LogP contribution in [0.15, 0.2) is 24.4 Å². The molecule has 15 heavy (non-hydrogen) atoms. The maximum atomic E-state index is 4.59. The van der Waals surface area contributed by atoms with Gasteiger partial charge in [0.25, 0.3) is 0 Å². The minimum absolute atomic E-state index is 0.463. The average Bonchev–Trinajstić information content (AvgIpc) is 2.84. The van der Waals surface area contributed by atoms with Crippen LogP contribution in [0.4, 0.5) is 0 Å². The normalized spacial score (nSPS) is 21.3. The van der Waals surface area contributed by atoms with Gasteiger partial charge in [0.1, 0.15) is 0 Å². The van der Waals surface area contributed by atoms with Crippen molar-refractivity contribution in [2.24, 2.45) is 0 Å². The van der Waals surface area contributed by atoms with Crippen molar-refractivity contribution < 1.29 is 0 Å². The predicted molar refractivity (Wildman–Crippen MR) is 59.9 cm³/mol. The molecule has 1 saturated heterocycles. The molecular weight excluding hydrogens is 186 g/mol. The van der Waals surface area contributed by atoms with Crippen LogP contribution in [0.3, 0.4) is 0 Å². The minimum Gasteiger partial charge on any atom is -0.309 e. The fourth-order valence-corrected chi connectivity index (χ4v) is 2.23. The molecule has 1 aliphatic heterocycles. The Bertz CT molecular complexity index is 481. The highest BCUT2D eigenvalue weighted by atomic mass is 15.2. The van der Waals surface area contributed by atoms with Crippen LogP contribution >= 0.6 is 0 Å². The monoisotopic (exact) mass is 201 g/mol. The maximum Gasteiger partial charge on any atom is 0.0804 e. The van der Waals surface area contributed by atoms with Gasteiger partial charge >= 0.3 is 0 Å². The lowest BCUT2D eigenvalue weighted by Crippen LogP contribution is -2.13. The highest BCUT2D eigenvalue weighted by Crippen LogP contribution is 2.22. The molecule has 2 aromatic heterocycles. The zero-order valence-corrected chi connectivity index (χ0v) is 8.90.